The Morgan fingerprint density at radius 1 is 1.06 bits per heavy atom. The van der Waals surface area contributed by atoms with Gasteiger partial charge in [0.05, 0.1) is 0 Å². The number of carbonyl (C=O) groups is 3. The Bertz CT molecular complexity index is 1200. The van der Waals surface area contributed by atoms with Gasteiger partial charge in [0.2, 0.25) is 0 Å². The molecule has 1 saturated carbocycles. The number of hydrogen-bond acceptors (Lipinski definition) is 5. The van der Waals surface area contributed by atoms with E-state index < -0.39 is 24.0 Å². The van der Waals surface area contributed by atoms with Crippen LogP contribution in [0.4, 0.5) is 10.6 Å². The fraction of sp³-hybridized carbons (Fsp3) is 0.280. The number of aromatic nitrogens is 2. The van der Waals surface area contributed by atoms with Gasteiger partial charge in [-0.1, -0.05) is 61.4 Å². The van der Waals surface area contributed by atoms with Crippen molar-refractivity contribution in [3.63, 3.8) is 0 Å². The minimum absolute atomic E-state index is 0.0518. The van der Waals surface area contributed by atoms with E-state index in [2.05, 4.69) is 33.0 Å². The lowest BCUT2D eigenvalue weighted by atomic mass is 9.98. The molecule has 5 rings (SSSR count). The molecule has 174 valence electrons. The second kappa shape index (κ2) is 9.01. The monoisotopic (exact) mass is 460 g/mol. The highest BCUT2D eigenvalue weighted by molar-refractivity contribution is 5.96. The van der Waals surface area contributed by atoms with Crippen molar-refractivity contribution in [1.29, 1.82) is 0 Å². The van der Waals surface area contributed by atoms with Gasteiger partial charge in [0.1, 0.15) is 18.3 Å². The summed E-state index contributed by atoms with van der Waals surface area (Å²) >= 11 is 0. The molecule has 2 aliphatic rings. The first-order valence-corrected chi connectivity index (χ1v) is 11.2. The molecule has 0 saturated heterocycles. The fourth-order valence-corrected chi connectivity index (χ4v) is 4.39. The Morgan fingerprint density at radius 2 is 1.71 bits per heavy atom. The van der Waals surface area contributed by atoms with Crippen LogP contribution < -0.4 is 10.6 Å². The number of carboxylic acid groups (broad SMARTS) is 1. The summed E-state index contributed by atoms with van der Waals surface area (Å²) in [4.78, 5) is 36.2. The van der Waals surface area contributed by atoms with E-state index in [0.29, 0.717) is 12.3 Å². The van der Waals surface area contributed by atoms with Crippen LogP contribution in [0.5, 0.6) is 0 Å². The van der Waals surface area contributed by atoms with Crippen LogP contribution in [-0.4, -0.2) is 45.9 Å². The number of nitrogens with one attached hydrogen (secondary N) is 3. The van der Waals surface area contributed by atoms with Crippen molar-refractivity contribution in [2.24, 2.45) is 5.92 Å². The van der Waals surface area contributed by atoms with Crippen LogP contribution in [0, 0.1) is 5.92 Å². The normalized spacial score (nSPS) is 15.2. The van der Waals surface area contributed by atoms with Gasteiger partial charge in [0, 0.05) is 12.0 Å². The van der Waals surface area contributed by atoms with E-state index in [-0.39, 0.29) is 24.0 Å². The van der Waals surface area contributed by atoms with Crippen molar-refractivity contribution in [1.82, 2.24) is 15.5 Å². The summed E-state index contributed by atoms with van der Waals surface area (Å²) in [5, 5.41) is 20.8. The first-order chi connectivity index (χ1) is 16.5. The number of amides is 2. The lowest BCUT2D eigenvalue weighted by Crippen LogP contribution is -2.41. The number of aliphatic carboxylic acids is 1. The molecule has 0 radical (unpaired) electrons. The van der Waals surface area contributed by atoms with Crippen LogP contribution in [0.25, 0.3) is 11.1 Å². The molecule has 1 atom stereocenters. The Kier molecular flexibility index (Phi) is 5.75. The average molecular weight is 460 g/mol. The molecule has 1 fully saturated rings. The molecule has 0 bridgehead atoms. The van der Waals surface area contributed by atoms with Crippen LogP contribution in [0.15, 0.2) is 54.6 Å². The van der Waals surface area contributed by atoms with Gasteiger partial charge >= 0.3 is 12.1 Å². The van der Waals surface area contributed by atoms with Gasteiger partial charge in [-0.2, -0.15) is 5.10 Å². The minimum atomic E-state index is -1.07. The van der Waals surface area contributed by atoms with E-state index in [1.165, 1.54) is 6.07 Å². The molecule has 3 aromatic rings. The molecule has 1 aromatic heterocycles. The van der Waals surface area contributed by atoms with E-state index in [1.807, 2.05) is 36.4 Å². The lowest BCUT2D eigenvalue weighted by molar-refractivity contribution is -0.139. The maximum atomic E-state index is 12.4. The molecular weight excluding hydrogens is 436 g/mol. The molecule has 4 N–H and O–H groups in total. The molecule has 34 heavy (non-hydrogen) atoms. The molecule has 9 nitrogen and oxygen atoms in total. The average Bonchev–Trinajstić information content (AvgIpc) is 3.43. The molecule has 0 spiro atoms. The largest absolute Gasteiger partial charge is 0.480 e. The highest BCUT2D eigenvalue weighted by Crippen LogP contribution is 2.44. The van der Waals surface area contributed by atoms with Gasteiger partial charge in [-0.25, -0.2) is 9.59 Å². The highest BCUT2D eigenvalue weighted by Gasteiger charge is 2.31. The Balaban J connectivity index is 1.18. The number of benzene rings is 2. The van der Waals surface area contributed by atoms with Crippen molar-refractivity contribution < 1.29 is 24.2 Å². The van der Waals surface area contributed by atoms with Gasteiger partial charge < -0.3 is 15.2 Å². The van der Waals surface area contributed by atoms with E-state index in [1.54, 1.807) is 0 Å². The minimum Gasteiger partial charge on any atom is -0.480 e. The Morgan fingerprint density at radius 3 is 2.32 bits per heavy atom. The molecule has 0 unspecified atom stereocenters. The lowest BCUT2D eigenvalue weighted by Gasteiger charge is -2.14. The molecule has 0 aliphatic heterocycles. The van der Waals surface area contributed by atoms with E-state index in [0.717, 1.165) is 35.1 Å². The van der Waals surface area contributed by atoms with Crippen molar-refractivity contribution in [3.05, 3.63) is 71.4 Å². The van der Waals surface area contributed by atoms with Gasteiger partial charge in [-0.3, -0.25) is 15.2 Å². The summed E-state index contributed by atoms with van der Waals surface area (Å²) in [6.07, 6.45) is 1.67. The quantitative estimate of drug-likeness (QED) is 0.405. The van der Waals surface area contributed by atoms with Crippen LogP contribution in [0.2, 0.25) is 0 Å². The number of carbonyl (C=O) groups excluding carboxylic acids is 2. The maximum absolute atomic E-state index is 12.4. The van der Waals surface area contributed by atoms with Gasteiger partial charge in [-0.15, -0.1) is 0 Å². The standard InChI is InChI=1S/C25H24N4O5/c30-23(26-21(24(31)32)11-14-9-10-14)20-12-22(29-28-20)27-25(33)34-13-19-17-7-3-1-5-15(17)16-6-2-4-8-18(16)19/h1-8,12,14,19,21H,9-11,13H2,(H,26,30)(H,31,32)(H2,27,28,29,33)/t21-/m0/s1. The Hall–Kier alpha value is -4.14. The number of H-pyrrole nitrogens is 1. The van der Waals surface area contributed by atoms with Gasteiger partial charge in [-0.05, 0) is 34.6 Å². The van der Waals surface area contributed by atoms with E-state index >= 15 is 0 Å². The number of rotatable bonds is 8. The second-order valence-corrected chi connectivity index (χ2v) is 8.66. The van der Waals surface area contributed by atoms with Gasteiger partial charge in [0.25, 0.3) is 5.91 Å². The summed E-state index contributed by atoms with van der Waals surface area (Å²) in [5.74, 6) is -1.29. The fourth-order valence-electron chi connectivity index (χ4n) is 4.39. The first-order valence-electron chi connectivity index (χ1n) is 11.2. The number of ether oxygens (including phenoxy) is 1. The van der Waals surface area contributed by atoms with Crippen LogP contribution in [-0.2, 0) is 9.53 Å². The molecular formula is C25H24N4O5. The van der Waals surface area contributed by atoms with Crippen LogP contribution in [0.1, 0.15) is 46.8 Å². The van der Waals surface area contributed by atoms with Gasteiger partial charge in [0.15, 0.2) is 5.82 Å². The summed E-state index contributed by atoms with van der Waals surface area (Å²) in [6.45, 7) is 0.152. The predicted molar refractivity (Wildman–Crippen MR) is 124 cm³/mol. The third-order valence-electron chi connectivity index (χ3n) is 6.27. The number of carboxylic acids is 1. The third-order valence-corrected chi connectivity index (χ3v) is 6.27. The molecule has 2 aromatic carbocycles. The third kappa shape index (κ3) is 4.50. The topological polar surface area (TPSA) is 133 Å². The number of nitrogens with zero attached hydrogens (tertiary/aromatic N) is 1. The number of hydrogen-bond donors (Lipinski definition) is 4. The zero-order valence-corrected chi connectivity index (χ0v) is 18.3. The van der Waals surface area contributed by atoms with E-state index in [9.17, 15) is 19.5 Å². The van der Waals surface area contributed by atoms with Crippen molar-refractivity contribution in [2.45, 2.75) is 31.2 Å². The summed E-state index contributed by atoms with van der Waals surface area (Å²) in [5.41, 5.74) is 4.53. The Labute approximate surface area is 195 Å². The summed E-state index contributed by atoms with van der Waals surface area (Å²) in [7, 11) is 0. The van der Waals surface area contributed by atoms with Crippen LogP contribution >= 0.6 is 0 Å². The zero-order chi connectivity index (χ0) is 23.7. The van der Waals surface area contributed by atoms with Crippen molar-refractivity contribution >= 4 is 23.8 Å². The van der Waals surface area contributed by atoms with Crippen molar-refractivity contribution in [2.75, 3.05) is 11.9 Å². The predicted octanol–water partition coefficient (Wildman–Crippen LogP) is 3.75. The number of anilines is 1. The number of aromatic amines is 1. The molecule has 2 aliphatic carbocycles. The van der Waals surface area contributed by atoms with Crippen LogP contribution in [0.3, 0.4) is 0 Å². The summed E-state index contributed by atoms with van der Waals surface area (Å²) < 4.78 is 5.48. The summed E-state index contributed by atoms with van der Waals surface area (Å²) in [6, 6.07) is 16.5. The number of fused-ring (bicyclic) bond motifs is 3. The zero-order valence-electron chi connectivity index (χ0n) is 18.3. The van der Waals surface area contributed by atoms with E-state index in [4.69, 9.17) is 4.74 Å². The molecule has 2 amide bonds. The SMILES string of the molecule is O=C(Nc1cc(C(=O)N[C@@H](CC2CC2)C(=O)O)[nH]n1)OCC1c2ccccc2-c2ccccc21. The molecule has 1 heterocycles. The smallest absolute Gasteiger partial charge is 0.412 e. The molecule has 9 heteroatoms. The first kappa shape index (κ1) is 21.7. The second-order valence-electron chi connectivity index (χ2n) is 8.66. The highest BCUT2D eigenvalue weighted by atomic mass is 16.5. The maximum Gasteiger partial charge on any atom is 0.412 e. The van der Waals surface area contributed by atoms with Crippen molar-refractivity contribution in [3.8, 4) is 11.1 Å².